The van der Waals surface area contributed by atoms with Gasteiger partial charge < -0.3 is 0 Å². The van der Waals surface area contributed by atoms with E-state index in [1.54, 1.807) is 0 Å². The van der Waals surface area contributed by atoms with Gasteiger partial charge in [-0.2, -0.15) is 11.8 Å². The van der Waals surface area contributed by atoms with Crippen LogP contribution >= 0.6 is 11.8 Å². The van der Waals surface area contributed by atoms with E-state index in [9.17, 15) is 0 Å². The minimum absolute atomic E-state index is 0.509. The zero-order valence-corrected chi connectivity index (χ0v) is 8.72. The van der Waals surface area contributed by atoms with Gasteiger partial charge in [0.25, 0.3) is 0 Å². The van der Waals surface area contributed by atoms with Gasteiger partial charge in [-0.1, -0.05) is 27.7 Å². The van der Waals surface area contributed by atoms with Crippen LogP contribution in [0.25, 0.3) is 0 Å². The average Bonchev–Trinajstić information content (AvgIpc) is 1.59. The summed E-state index contributed by atoms with van der Waals surface area (Å²) in [4.78, 5) is 0. The topological polar surface area (TPSA) is 0 Å². The molecule has 0 saturated carbocycles. The van der Waals surface area contributed by atoms with Crippen molar-refractivity contribution in [2.24, 2.45) is 11.3 Å². The molecule has 0 fully saturated rings. The second-order valence-corrected chi connectivity index (χ2v) is 5.24. The van der Waals surface area contributed by atoms with Crippen LogP contribution in [0.5, 0.6) is 0 Å². The number of thioether (sulfide) groups is 1. The van der Waals surface area contributed by atoms with Crippen molar-refractivity contribution in [2.45, 2.75) is 34.1 Å². The monoisotopic (exact) mass is 160 g/mol. The van der Waals surface area contributed by atoms with Gasteiger partial charge in [-0.05, 0) is 29.8 Å². The van der Waals surface area contributed by atoms with Gasteiger partial charge in [0, 0.05) is 0 Å². The minimum atomic E-state index is 0.509. The summed E-state index contributed by atoms with van der Waals surface area (Å²) in [6, 6.07) is 0. The molecule has 10 heavy (non-hydrogen) atoms. The first-order valence-corrected chi connectivity index (χ1v) is 5.34. The van der Waals surface area contributed by atoms with Crippen LogP contribution in [-0.2, 0) is 0 Å². The van der Waals surface area contributed by atoms with E-state index in [4.69, 9.17) is 0 Å². The van der Waals surface area contributed by atoms with E-state index in [2.05, 4.69) is 34.0 Å². The maximum Gasteiger partial charge on any atom is -0.00443 e. The zero-order valence-electron chi connectivity index (χ0n) is 7.90. The molecule has 0 nitrogen and oxygen atoms in total. The van der Waals surface area contributed by atoms with Crippen molar-refractivity contribution in [3.63, 3.8) is 0 Å². The summed E-state index contributed by atoms with van der Waals surface area (Å²) in [6.45, 7) is 9.26. The van der Waals surface area contributed by atoms with Gasteiger partial charge in [0.1, 0.15) is 0 Å². The molecule has 0 N–H and O–H groups in total. The van der Waals surface area contributed by atoms with Crippen molar-refractivity contribution in [1.29, 1.82) is 0 Å². The van der Waals surface area contributed by atoms with E-state index in [-0.39, 0.29) is 0 Å². The predicted octanol–water partition coefficient (Wildman–Crippen LogP) is 3.42. The lowest BCUT2D eigenvalue weighted by Crippen LogP contribution is -2.12. The van der Waals surface area contributed by atoms with Crippen LogP contribution < -0.4 is 0 Å². The lowest BCUT2D eigenvalue weighted by molar-refractivity contribution is 0.323. The molecule has 0 aromatic rings. The van der Waals surface area contributed by atoms with E-state index < -0.39 is 0 Å². The summed E-state index contributed by atoms with van der Waals surface area (Å²) in [5.41, 5.74) is 0.509. The standard InChI is InChI=1S/C9H20S/c1-8(7-10-5)6-9(2,3)4/h8H,6-7H2,1-5H3. The molecule has 1 atom stereocenters. The zero-order chi connectivity index (χ0) is 8.20. The van der Waals surface area contributed by atoms with Crippen LogP contribution in [0.1, 0.15) is 34.1 Å². The molecule has 0 aliphatic carbocycles. The fraction of sp³-hybridized carbons (Fsp3) is 1.00. The summed E-state index contributed by atoms with van der Waals surface area (Å²) < 4.78 is 0. The Hall–Kier alpha value is 0.350. The smallest absolute Gasteiger partial charge is 0.00443 e. The highest BCUT2D eigenvalue weighted by molar-refractivity contribution is 7.98. The summed E-state index contributed by atoms with van der Waals surface area (Å²) in [5.74, 6) is 2.17. The van der Waals surface area contributed by atoms with Crippen LogP contribution in [0.15, 0.2) is 0 Å². The Morgan fingerprint density at radius 3 is 2.10 bits per heavy atom. The quantitative estimate of drug-likeness (QED) is 0.609. The molecule has 0 saturated heterocycles. The maximum atomic E-state index is 2.34. The molecule has 0 bridgehead atoms. The Balaban J connectivity index is 3.47. The third kappa shape index (κ3) is 6.47. The second kappa shape index (κ2) is 4.27. The second-order valence-electron chi connectivity index (χ2n) is 4.33. The Kier molecular flexibility index (Phi) is 4.42. The molecule has 0 aromatic carbocycles. The first kappa shape index (κ1) is 10.3. The van der Waals surface area contributed by atoms with Crippen molar-refractivity contribution < 1.29 is 0 Å². The van der Waals surface area contributed by atoms with Gasteiger partial charge in [0.2, 0.25) is 0 Å². The van der Waals surface area contributed by atoms with Crippen LogP contribution in [0, 0.1) is 11.3 Å². The van der Waals surface area contributed by atoms with E-state index in [1.807, 2.05) is 11.8 Å². The summed E-state index contributed by atoms with van der Waals surface area (Å²) in [6.07, 6.45) is 3.52. The molecular weight excluding hydrogens is 140 g/mol. The Labute approximate surface area is 69.8 Å². The fourth-order valence-electron chi connectivity index (χ4n) is 1.39. The van der Waals surface area contributed by atoms with Crippen molar-refractivity contribution in [3.05, 3.63) is 0 Å². The lowest BCUT2D eigenvalue weighted by atomic mass is 9.86. The van der Waals surface area contributed by atoms with Crippen LogP contribution in [-0.4, -0.2) is 12.0 Å². The molecule has 62 valence electrons. The number of hydrogen-bond donors (Lipinski definition) is 0. The van der Waals surface area contributed by atoms with Gasteiger partial charge >= 0.3 is 0 Å². The molecule has 0 heterocycles. The summed E-state index contributed by atoms with van der Waals surface area (Å²) >= 11 is 1.95. The molecule has 1 unspecified atom stereocenters. The molecule has 0 rings (SSSR count). The van der Waals surface area contributed by atoms with Crippen LogP contribution in [0.3, 0.4) is 0 Å². The molecule has 0 aliphatic heterocycles. The number of hydrogen-bond acceptors (Lipinski definition) is 1. The van der Waals surface area contributed by atoms with Crippen LogP contribution in [0.4, 0.5) is 0 Å². The average molecular weight is 160 g/mol. The largest absolute Gasteiger partial charge is 0.165 e. The molecule has 0 aliphatic rings. The Morgan fingerprint density at radius 1 is 1.30 bits per heavy atom. The minimum Gasteiger partial charge on any atom is -0.165 e. The van der Waals surface area contributed by atoms with E-state index in [0.29, 0.717) is 5.41 Å². The molecule has 0 aromatic heterocycles. The van der Waals surface area contributed by atoms with Gasteiger partial charge in [0.05, 0.1) is 0 Å². The van der Waals surface area contributed by atoms with Crippen molar-refractivity contribution >= 4 is 11.8 Å². The van der Waals surface area contributed by atoms with Gasteiger partial charge in [-0.3, -0.25) is 0 Å². The highest BCUT2D eigenvalue weighted by atomic mass is 32.2. The third-order valence-corrected chi connectivity index (χ3v) is 2.31. The Morgan fingerprint density at radius 2 is 1.80 bits per heavy atom. The predicted molar refractivity (Wildman–Crippen MR) is 51.6 cm³/mol. The molecular formula is C9H20S. The van der Waals surface area contributed by atoms with E-state index in [0.717, 1.165) is 5.92 Å². The van der Waals surface area contributed by atoms with E-state index >= 15 is 0 Å². The van der Waals surface area contributed by atoms with Gasteiger partial charge in [-0.15, -0.1) is 0 Å². The molecule has 1 heteroatoms. The van der Waals surface area contributed by atoms with Crippen molar-refractivity contribution in [3.8, 4) is 0 Å². The first-order valence-electron chi connectivity index (χ1n) is 3.94. The lowest BCUT2D eigenvalue weighted by Gasteiger charge is -2.22. The molecule has 0 spiro atoms. The van der Waals surface area contributed by atoms with Crippen LogP contribution in [0.2, 0.25) is 0 Å². The third-order valence-electron chi connectivity index (χ3n) is 1.41. The van der Waals surface area contributed by atoms with E-state index in [1.165, 1.54) is 12.2 Å². The fourth-order valence-corrected chi connectivity index (χ4v) is 2.08. The Bertz CT molecular complexity index is 81.2. The normalized spacial score (nSPS) is 15.3. The first-order chi connectivity index (χ1) is 4.45. The van der Waals surface area contributed by atoms with Gasteiger partial charge in [0.15, 0.2) is 0 Å². The SMILES string of the molecule is CSCC(C)CC(C)(C)C. The molecule has 0 radical (unpaired) electrons. The van der Waals surface area contributed by atoms with Gasteiger partial charge in [-0.25, -0.2) is 0 Å². The maximum absolute atomic E-state index is 2.34. The summed E-state index contributed by atoms with van der Waals surface area (Å²) in [5, 5.41) is 0. The molecule has 0 amide bonds. The van der Waals surface area contributed by atoms with Crippen molar-refractivity contribution in [2.75, 3.05) is 12.0 Å². The number of rotatable bonds is 3. The highest BCUT2D eigenvalue weighted by Gasteiger charge is 2.14. The highest BCUT2D eigenvalue weighted by Crippen LogP contribution is 2.25. The van der Waals surface area contributed by atoms with Crippen molar-refractivity contribution in [1.82, 2.24) is 0 Å². The summed E-state index contributed by atoms with van der Waals surface area (Å²) in [7, 11) is 0.